The second-order valence-corrected chi connectivity index (χ2v) is 6.57. The summed E-state index contributed by atoms with van der Waals surface area (Å²) in [7, 11) is 0. The molecule has 0 aromatic rings. The number of hydrogen-bond donors (Lipinski definition) is 2. The Kier molecular flexibility index (Phi) is 5.44. The number of amides is 1. The Labute approximate surface area is 106 Å². The van der Waals surface area contributed by atoms with Gasteiger partial charge < -0.3 is 11.1 Å². The van der Waals surface area contributed by atoms with Crippen molar-refractivity contribution in [3.05, 3.63) is 0 Å². The molecule has 1 amide bonds. The minimum atomic E-state index is -0.0311. The van der Waals surface area contributed by atoms with Crippen LogP contribution in [0.25, 0.3) is 0 Å². The summed E-state index contributed by atoms with van der Waals surface area (Å²) in [5.41, 5.74) is 5.85. The molecule has 1 unspecified atom stereocenters. The number of nitrogens with one attached hydrogen (secondary N) is 1. The molecule has 0 heterocycles. The number of rotatable bonds is 6. The van der Waals surface area contributed by atoms with Gasteiger partial charge in [0, 0.05) is 13.1 Å². The highest BCUT2D eigenvalue weighted by Crippen LogP contribution is 2.29. The molecule has 0 aromatic carbocycles. The van der Waals surface area contributed by atoms with Gasteiger partial charge in [-0.15, -0.1) is 0 Å². The van der Waals surface area contributed by atoms with Gasteiger partial charge in [0.05, 0.1) is 5.92 Å². The lowest BCUT2D eigenvalue weighted by molar-refractivity contribution is -0.125. The van der Waals surface area contributed by atoms with E-state index in [2.05, 4.69) is 26.1 Å². The number of nitrogens with two attached hydrogens (primary N) is 1. The minimum absolute atomic E-state index is 0.0311. The van der Waals surface area contributed by atoms with Gasteiger partial charge >= 0.3 is 0 Å². The standard InChI is InChI=1S/C14H28N2O/c1-14(2,3)9-12(10-15)13(17)16-8-7-11-5-4-6-11/h11-12H,4-10,15H2,1-3H3,(H,16,17). The zero-order valence-corrected chi connectivity index (χ0v) is 11.6. The average Bonchev–Trinajstić information content (AvgIpc) is 2.16. The third-order valence-electron chi connectivity index (χ3n) is 3.59. The molecule has 3 N–H and O–H groups in total. The van der Waals surface area contributed by atoms with Gasteiger partial charge in [0.2, 0.25) is 5.91 Å². The lowest BCUT2D eigenvalue weighted by Crippen LogP contribution is -2.38. The monoisotopic (exact) mass is 240 g/mol. The zero-order valence-electron chi connectivity index (χ0n) is 11.6. The van der Waals surface area contributed by atoms with E-state index in [1.165, 1.54) is 19.3 Å². The molecule has 1 rings (SSSR count). The molecule has 0 aromatic heterocycles. The highest BCUT2D eigenvalue weighted by Gasteiger charge is 2.24. The fourth-order valence-electron chi connectivity index (χ4n) is 2.35. The fraction of sp³-hybridized carbons (Fsp3) is 0.929. The van der Waals surface area contributed by atoms with Crippen molar-refractivity contribution in [1.82, 2.24) is 5.32 Å². The Morgan fingerprint density at radius 2 is 2.06 bits per heavy atom. The van der Waals surface area contributed by atoms with Crippen molar-refractivity contribution in [2.24, 2.45) is 23.0 Å². The summed E-state index contributed by atoms with van der Waals surface area (Å²) in [5, 5.41) is 3.04. The van der Waals surface area contributed by atoms with Gasteiger partial charge in [-0.05, 0) is 24.2 Å². The van der Waals surface area contributed by atoms with Crippen LogP contribution in [-0.2, 0) is 4.79 Å². The van der Waals surface area contributed by atoms with Crippen LogP contribution in [0.4, 0.5) is 0 Å². The van der Waals surface area contributed by atoms with E-state index in [1.807, 2.05) is 0 Å². The summed E-state index contributed by atoms with van der Waals surface area (Å²) in [5.74, 6) is 0.965. The Morgan fingerprint density at radius 1 is 1.41 bits per heavy atom. The molecule has 1 atom stereocenters. The van der Waals surface area contributed by atoms with Gasteiger partial charge in [-0.2, -0.15) is 0 Å². The van der Waals surface area contributed by atoms with E-state index < -0.39 is 0 Å². The summed E-state index contributed by atoms with van der Waals surface area (Å²) >= 11 is 0. The zero-order chi connectivity index (χ0) is 12.9. The summed E-state index contributed by atoms with van der Waals surface area (Å²) in [6.07, 6.45) is 6.06. The van der Waals surface area contributed by atoms with Crippen LogP contribution in [0, 0.1) is 17.3 Å². The average molecular weight is 240 g/mol. The van der Waals surface area contributed by atoms with E-state index >= 15 is 0 Å². The molecule has 1 aliphatic rings. The first-order valence-corrected chi connectivity index (χ1v) is 6.90. The van der Waals surface area contributed by atoms with Crippen molar-refractivity contribution >= 4 is 5.91 Å². The van der Waals surface area contributed by atoms with Crippen LogP contribution < -0.4 is 11.1 Å². The van der Waals surface area contributed by atoms with E-state index in [4.69, 9.17) is 5.73 Å². The maximum atomic E-state index is 11.9. The lowest BCUT2D eigenvalue weighted by Gasteiger charge is -2.27. The third-order valence-corrected chi connectivity index (χ3v) is 3.59. The molecule has 0 aliphatic heterocycles. The van der Waals surface area contributed by atoms with Crippen LogP contribution in [0.5, 0.6) is 0 Å². The minimum Gasteiger partial charge on any atom is -0.356 e. The normalized spacial score (nSPS) is 18.6. The van der Waals surface area contributed by atoms with Crippen molar-refractivity contribution in [3.8, 4) is 0 Å². The largest absolute Gasteiger partial charge is 0.356 e. The van der Waals surface area contributed by atoms with Crippen molar-refractivity contribution in [2.75, 3.05) is 13.1 Å². The van der Waals surface area contributed by atoms with Crippen LogP contribution in [0.3, 0.4) is 0 Å². The van der Waals surface area contributed by atoms with Crippen LogP contribution >= 0.6 is 0 Å². The van der Waals surface area contributed by atoms with E-state index in [0.29, 0.717) is 6.54 Å². The van der Waals surface area contributed by atoms with Crippen LogP contribution in [0.2, 0.25) is 0 Å². The maximum Gasteiger partial charge on any atom is 0.224 e. The Balaban J connectivity index is 2.22. The second-order valence-electron chi connectivity index (χ2n) is 6.57. The predicted octanol–water partition coefficient (Wildman–Crippen LogP) is 2.30. The van der Waals surface area contributed by atoms with Gasteiger partial charge in [0.15, 0.2) is 0 Å². The van der Waals surface area contributed by atoms with Gasteiger partial charge in [0.1, 0.15) is 0 Å². The Hall–Kier alpha value is -0.570. The number of hydrogen-bond acceptors (Lipinski definition) is 2. The van der Waals surface area contributed by atoms with Gasteiger partial charge in [-0.1, -0.05) is 40.0 Å². The molecule has 100 valence electrons. The molecule has 1 fully saturated rings. The molecule has 3 heteroatoms. The smallest absolute Gasteiger partial charge is 0.224 e. The first-order valence-electron chi connectivity index (χ1n) is 6.90. The highest BCUT2D eigenvalue weighted by molar-refractivity contribution is 5.78. The predicted molar refractivity (Wildman–Crippen MR) is 71.6 cm³/mol. The second kappa shape index (κ2) is 6.39. The summed E-state index contributed by atoms with van der Waals surface area (Å²) in [4.78, 5) is 11.9. The van der Waals surface area contributed by atoms with Crippen molar-refractivity contribution in [2.45, 2.75) is 52.9 Å². The number of carbonyl (C=O) groups excluding carboxylic acids is 1. The van der Waals surface area contributed by atoms with Gasteiger partial charge in [-0.25, -0.2) is 0 Å². The number of carbonyl (C=O) groups is 1. The summed E-state index contributed by atoms with van der Waals surface area (Å²) < 4.78 is 0. The van der Waals surface area contributed by atoms with Crippen molar-refractivity contribution in [3.63, 3.8) is 0 Å². The summed E-state index contributed by atoms with van der Waals surface area (Å²) in [6, 6.07) is 0. The van der Waals surface area contributed by atoms with Crippen LogP contribution in [-0.4, -0.2) is 19.0 Å². The van der Waals surface area contributed by atoms with E-state index in [-0.39, 0.29) is 17.2 Å². The molecule has 0 saturated heterocycles. The molecule has 3 nitrogen and oxygen atoms in total. The quantitative estimate of drug-likeness (QED) is 0.748. The van der Waals surface area contributed by atoms with Gasteiger partial charge in [-0.3, -0.25) is 4.79 Å². The first-order chi connectivity index (χ1) is 7.92. The summed E-state index contributed by atoms with van der Waals surface area (Å²) in [6.45, 7) is 7.72. The molecule has 0 radical (unpaired) electrons. The van der Waals surface area contributed by atoms with Crippen molar-refractivity contribution in [1.29, 1.82) is 0 Å². The molecular weight excluding hydrogens is 212 g/mol. The lowest BCUT2D eigenvalue weighted by atomic mass is 9.82. The van der Waals surface area contributed by atoms with Crippen LogP contribution in [0.1, 0.15) is 52.9 Å². The van der Waals surface area contributed by atoms with E-state index in [9.17, 15) is 4.79 Å². The molecule has 1 aliphatic carbocycles. The van der Waals surface area contributed by atoms with E-state index in [1.54, 1.807) is 0 Å². The third kappa shape index (κ3) is 5.53. The van der Waals surface area contributed by atoms with Crippen LogP contribution in [0.15, 0.2) is 0 Å². The van der Waals surface area contributed by atoms with E-state index in [0.717, 1.165) is 25.3 Å². The van der Waals surface area contributed by atoms with Gasteiger partial charge in [0.25, 0.3) is 0 Å². The first kappa shape index (κ1) is 14.5. The SMILES string of the molecule is CC(C)(C)CC(CN)C(=O)NCCC1CCC1. The van der Waals surface area contributed by atoms with Crippen molar-refractivity contribution < 1.29 is 4.79 Å². The fourth-order valence-corrected chi connectivity index (χ4v) is 2.35. The topological polar surface area (TPSA) is 55.1 Å². The molecular formula is C14H28N2O. The molecule has 0 spiro atoms. The molecule has 17 heavy (non-hydrogen) atoms. The molecule has 1 saturated carbocycles. The Morgan fingerprint density at radius 3 is 2.47 bits per heavy atom. The maximum absolute atomic E-state index is 11.9. The Bertz CT molecular complexity index is 241. The molecule has 0 bridgehead atoms. The highest BCUT2D eigenvalue weighted by atomic mass is 16.1.